The maximum Gasteiger partial charge on any atom is 0.307 e. The van der Waals surface area contributed by atoms with Crippen molar-refractivity contribution in [2.75, 3.05) is 6.54 Å². The van der Waals surface area contributed by atoms with E-state index in [1.807, 2.05) is 32.9 Å². The number of esters is 1. The molecule has 1 amide bonds. The first-order chi connectivity index (χ1) is 10.8. The average molecular weight is 319 g/mol. The van der Waals surface area contributed by atoms with Crippen molar-refractivity contribution in [2.45, 2.75) is 46.6 Å². The Hall–Kier alpha value is -2.17. The second kappa shape index (κ2) is 9.08. The molecule has 0 saturated carbocycles. The lowest BCUT2D eigenvalue weighted by atomic mass is 10.1. The smallest absolute Gasteiger partial charge is 0.307 e. The predicted molar refractivity (Wildman–Crippen MR) is 88.1 cm³/mol. The molecule has 5 heteroatoms. The number of rotatable bonds is 8. The summed E-state index contributed by atoms with van der Waals surface area (Å²) >= 11 is 0. The summed E-state index contributed by atoms with van der Waals surface area (Å²) in [5.41, 5.74) is 1.65. The molecule has 0 aliphatic heterocycles. The van der Waals surface area contributed by atoms with Gasteiger partial charge in [-0.05, 0) is 19.8 Å². The number of carbonyl (C=O) groups excluding carboxylic acids is 3. The van der Waals surface area contributed by atoms with Crippen molar-refractivity contribution in [2.24, 2.45) is 5.92 Å². The minimum absolute atomic E-state index is 0.0332. The number of amides is 1. The van der Waals surface area contributed by atoms with Crippen molar-refractivity contribution in [3.8, 4) is 0 Å². The molecule has 1 N–H and O–H groups in total. The van der Waals surface area contributed by atoms with E-state index >= 15 is 0 Å². The summed E-state index contributed by atoms with van der Waals surface area (Å²) in [7, 11) is 0. The molecule has 0 unspecified atom stereocenters. The highest BCUT2D eigenvalue weighted by Crippen LogP contribution is 2.08. The van der Waals surface area contributed by atoms with Crippen molar-refractivity contribution < 1.29 is 19.1 Å². The van der Waals surface area contributed by atoms with Crippen LogP contribution in [0.5, 0.6) is 0 Å². The molecule has 0 spiro atoms. The Balaban J connectivity index is 2.37. The van der Waals surface area contributed by atoms with Crippen LogP contribution >= 0.6 is 0 Å². The molecule has 23 heavy (non-hydrogen) atoms. The zero-order valence-electron chi connectivity index (χ0n) is 14.2. The second-order valence-corrected chi connectivity index (χ2v) is 6.06. The summed E-state index contributed by atoms with van der Waals surface area (Å²) in [6.07, 6.45) is -0.813. The third-order valence-electron chi connectivity index (χ3n) is 3.29. The zero-order valence-corrected chi connectivity index (χ0v) is 14.2. The van der Waals surface area contributed by atoms with E-state index in [4.69, 9.17) is 4.74 Å². The second-order valence-electron chi connectivity index (χ2n) is 6.06. The quantitative estimate of drug-likeness (QED) is 0.590. The first-order valence-electron chi connectivity index (χ1n) is 7.86. The van der Waals surface area contributed by atoms with Crippen LogP contribution in [0.15, 0.2) is 24.3 Å². The molecule has 1 rings (SSSR count). The zero-order chi connectivity index (χ0) is 17.4. The lowest BCUT2D eigenvalue weighted by Gasteiger charge is -2.14. The number of carbonyl (C=O) groups is 3. The number of ketones is 1. The summed E-state index contributed by atoms with van der Waals surface area (Å²) in [6, 6.07) is 7.19. The average Bonchev–Trinajstić information content (AvgIpc) is 2.50. The molecule has 0 aliphatic carbocycles. The predicted octanol–water partition coefficient (Wildman–Crippen LogP) is 2.66. The summed E-state index contributed by atoms with van der Waals surface area (Å²) < 4.78 is 5.05. The van der Waals surface area contributed by atoms with Crippen molar-refractivity contribution >= 4 is 17.7 Å². The van der Waals surface area contributed by atoms with Gasteiger partial charge in [0.1, 0.15) is 0 Å². The number of ether oxygens (including phenoxy) is 1. The summed E-state index contributed by atoms with van der Waals surface area (Å²) in [5.74, 6) is -0.651. The van der Waals surface area contributed by atoms with Crippen LogP contribution in [0.4, 0.5) is 0 Å². The lowest BCUT2D eigenvalue weighted by molar-refractivity contribution is -0.154. The third-order valence-corrected chi connectivity index (χ3v) is 3.29. The van der Waals surface area contributed by atoms with E-state index in [-0.39, 0.29) is 24.5 Å². The Morgan fingerprint density at radius 3 is 2.22 bits per heavy atom. The maximum absolute atomic E-state index is 12.0. The summed E-state index contributed by atoms with van der Waals surface area (Å²) in [4.78, 5) is 35.4. The monoisotopic (exact) mass is 319 g/mol. The molecule has 1 aromatic carbocycles. The Morgan fingerprint density at radius 1 is 1.04 bits per heavy atom. The van der Waals surface area contributed by atoms with Crippen LogP contribution in [0.1, 0.15) is 49.5 Å². The van der Waals surface area contributed by atoms with Gasteiger partial charge >= 0.3 is 5.97 Å². The minimum atomic E-state index is -0.851. The molecule has 1 atom stereocenters. The van der Waals surface area contributed by atoms with Crippen LogP contribution in [0.2, 0.25) is 0 Å². The number of Topliss-reactive ketones (excluding diaryl/α,β-unsaturated/α-hetero) is 1. The standard InChI is InChI=1S/C18H25NO4/c1-12(2)11-19-18(22)14(4)23-17(21)10-9-16(20)15-7-5-13(3)6-8-15/h5-8,12,14H,9-11H2,1-4H3,(H,19,22)/t14-/m0/s1. The highest BCUT2D eigenvalue weighted by molar-refractivity contribution is 5.97. The number of hydrogen-bond donors (Lipinski definition) is 1. The van der Waals surface area contributed by atoms with Crippen LogP contribution < -0.4 is 5.32 Å². The Kier molecular flexibility index (Phi) is 7.45. The molecular formula is C18H25NO4. The van der Waals surface area contributed by atoms with Gasteiger partial charge in [0, 0.05) is 18.5 Å². The minimum Gasteiger partial charge on any atom is -0.453 e. The fourth-order valence-electron chi connectivity index (χ4n) is 1.86. The van der Waals surface area contributed by atoms with E-state index in [1.165, 1.54) is 6.92 Å². The van der Waals surface area contributed by atoms with E-state index in [0.717, 1.165) is 5.56 Å². The molecule has 0 fully saturated rings. The van der Waals surface area contributed by atoms with Crippen LogP contribution in [-0.4, -0.2) is 30.3 Å². The number of nitrogens with one attached hydrogen (secondary N) is 1. The van der Waals surface area contributed by atoms with E-state index in [9.17, 15) is 14.4 Å². The SMILES string of the molecule is Cc1ccc(C(=O)CCC(=O)O[C@@H](C)C(=O)NCC(C)C)cc1. The Labute approximate surface area is 137 Å². The van der Waals surface area contributed by atoms with Crippen molar-refractivity contribution in [1.82, 2.24) is 5.32 Å². The van der Waals surface area contributed by atoms with Crippen molar-refractivity contribution in [3.63, 3.8) is 0 Å². The molecule has 0 radical (unpaired) electrons. The fraction of sp³-hybridized carbons (Fsp3) is 0.500. The molecule has 5 nitrogen and oxygen atoms in total. The highest BCUT2D eigenvalue weighted by atomic mass is 16.5. The first kappa shape index (κ1) is 18.9. The molecule has 0 heterocycles. The largest absolute Gasteiger partial charge is 0.453 e. The van der Waals surface area contributed by atoms with E-state index in [0.29, 0.717) is 18.0 Å². The molecule has 0 aliphatic rings. The summed E-state index contributed by atoms with van der Waals surface area (Å²) in [5, 5.41) is 2.70. The third kappa shape index (κ3) is 7.08. The van der Waals surface area contributed by atoms with E-state index in [1.54, 1.807) is 12.1 Å². The highest BCUT2D eigenvalue weighted by Gasteiger charge is 2.18. The van der Waals surface area contributed by atoms with E-state index < -0.39 is 12.1 Å². The van der Waals surface area contributed by atoms with Gasteiger partial charge in [-0.1, -0.05) is 43.7 Å². The van der Waals surface area contributed by atoms with Crippen LogP contribution in [-0.2, 0) is 14.3 Å². The van der Waals surface area contributed by atoms with Crippen LogP contribution in [0, 0.1) is 12.8 Å². The number of benzene rings is 1. The topological polar surface area (TPSA) is 72.5 Å². The van der Waals surface area contributed by atoms with Crippen molar-refractivity contribution in [3.05, 3.63) is 35.4 Å². The lowest BCUT2D eigenvalue weighted by Crippen LogP contribution is -2.37. The molecule has 0 bridgehead atoms. The van der Waals surface area contributed by atoms with Gasteiger partial charge in [-0.2, -0.15) is 0 Å². The first-order valence-corrected chi connectivity index (χ1v) is 7.86. The summed E-state index contributed by atoms with van der Waals surface area (Å²) in [6.45, 7) is 7.96. The molecule has 1 aromatic rings. The normalized spacial score (nSPS) is 11.9. The molecule has 0 aromatic heterocycles. The Bertz CT molecular complexity index is 549. The van der Waals surface area contributed by atoms with Crippen LogP contribution in [0.25, 0.3) is 0 Å². The molecular weight excluding hydrogens is 294 g/mol. The number of hydrogen-bond acceptors (Lipinski definition) is 4. The fourth-order valence-corrected chi connectivity index (χ4v) is 1.86. The van der Waals surface area contributed by atoms with Gasteiger partial charge in [0.2, 0.25) is 0 Å². The van der Waals surface area contributed by atoms with Crippen LogP contribution in [0.3, 0.4) is 0 Å². The van der Waals surface area contributed by atoms with E-state index in [2.05, 4.69) is 5.32 Å². The number of aryl methyl sites for hydroxylation is 1. The Morgan fingerprint density at radius 2 is 1.65 bits per heavy atom. The van der Waals surface area contributed by atoms with Gasteiger partial charge in [0.15, 0.2) is 11.9 Å². The molecule has 0 saturated heterocycles. The van der Waals surface area contributed by atoms with Gasteiger partial charge in [-0.3, -0.25) is 14.4 Å². The van der Waals surface area contributed by atoms with Gasteiger partial charge < -0.3 is 10.1 Å². The van der Waals surface area contributed by atoms with Gasteiger partial charge in [-0.25, -0.2) is 0 Å². The van der Waals surface area contributed by atoms with Gasteiger partial charge in [0.25, 0.3) is 5.91 Å². The van der Waals surface area contributed by atoms with Crippen molar-refractivity contribution in [1.29, 1.82) is 0 Å². The van der Waals surface area contributed by atoms with Gasteiger partial charge in [-0.15, -0.1) is 0 Å². The molecule has 126 valence electrons. The maximum atomic E-state index is 12.0. The van der Waals surface area contributed by atoms with Gasteiger partial charge in [0.05, 0.1) is 6.42 Å².